The fraction of sp³-hybridized carbons (Fsp3) is 0.333. The molecule has 13 heteroatoms. The monoisotopic (exact) mass is 609 g/mol. The third kappa shape index (κ3) is 7.24. The molecule has 3 amide bonds. The Kier molecular flexibility index (Phi) is 8.58. The number of nitrogens with one attached hydrogen (secondary N) is 2. The highest BCUT2D eigenvalue weighted by Crippen LogP contribution is 2.32. The molecule has 0 radical (unpaired) electrons. The van der Waals surface area contributed by atoms with Crippen molar-refractivity contribution in [2.24, 2.45) is 11.1 Å². The van der Waals surface area contributed by atoms with Crippen LogP contribution in [0.1, 0.15) is 53.8 Å². The second kappa shape index (κ2) is 12.2. The molecule has 5 N–H and O–H groups in total. The summed E-state index contributed by atoms with van der Waals surface area (Å²) < 4.78 is 37.3. The number of aromatic nitrogens is 1. The SMILES string of the molecule is C[C@H](NC(=O)[C@@H]1C[C@@H](O)CN1C(=O)CNC(=O)c1ccc2cc(F)ccc2n1)c1ccc(S(N)(=O)=O)cc1/C=C/C1CC1. The van der Waals surface area contributed by atoms with Crippen molar-refractivity contribution in [2.75, 3.05) is 13.1 Å². The van der Waals surface area contributed by atoms with Gasteiger partial charge in [-0.05, 0) is 73.2 Å². The van der Waals surface area contributed by atoms with E-state index in [0.29, 0.717) is 27.9 Å². The lowest BCUT2D eigenvalue weighted by molar-refractivity contribution is -0.138. The molecule has 2 aliphatic rings. The molecule has 1 aliphatic carbocycles. The molecular weight excluding hydrogens is 577 g/mol. The summed E-state index contributed by atoms with van der Waals surface area (Å²) in [5.41, 5.74) is 1.71. The maximum absolute atomic E-state index is 13.4. The van der Waals surface area contributed by atoms with E-state index in [-0.39, 0.29) is 23.6 Å². The van der Waals surface area contributed by atoms with Gasteiger partial charge in [0.25, 0.3) is 5.91 Å². The Bertz CT molecular complexity index is 1730. The summed E-state index contributed by atoms with van der Waals surface area (Å²) in [5, 5.41) is 21.5. The number of aliphatic hydroxyl groups is 1. The van der Waals surface area contributed by atoms with Crippen molar-refractivity contribution in [2.45, 2.75) is 49.3 Å². The predicted octanol–water partition coefficient (Wildman–Crippen LogP) is 2.01. The highest BCUT2D eigenvalue weighted by atomic mass is 32.2. The van der Waals surface area contributed by atoms with Crippen molar-refractivity contribution < 1.29 is 32.3 Å². The highest BCUT2D eigenvalue weighted by Gasteiger charge is 2.39. The number of carbonyl (C=O) groups excluding carboxylic acids is 3. The quantitative estimate of drug-likeness (QED) is 0.287. The van der Waals surface area contributed by atoms with E-state index in [9.17, 15) is 32.3 Å². The average Bonchev–Trinajstić information content (AvgIpc) is 3.72. The van der Waals surface area contributed by atoms with Crippen molar-refractivity contribution in [3.63, 3.8) is 0 Å². The molecule has 1 aromatic heterocycles. The Morgan fingerprint density at radius 1 is 1.16 bits per heavy atom. The summed E-state index contributed by atoms with van der Waals surface area (Å²) in [7, 11) is -3.93. The van der Waals surface area contributed by atoms with Crippen molar-refractivity contribution in [3.05, 3.63) is 77.2 Å². The number of hydrogen-bond donors (Lipinski definition) is 4. The lowest BCUT2D eigenvalue weighted by atomic mass is 10.00. The van der Waals surface area contributed by atoms with Gasteiger partial charge in [-0.15, -0.1) is 0 Å². The number of β-amino-alcohol motifs (C(OH)–C–C–N with tert-alkyl or cyclic N) is 1. The maximum Gasteiger partial charge on any atom is 0.270 e. The van der Waals surface area contributed by atoms with Gasteiger partial charge in [0.15, 0.2) is 0 Å². The fourth-order valence-corrected chi connectivity index (χ4v) is 5.64. The zero-order valence-electron chi connectivity index (χ0n) is 23.4. The van der Waals surface area contributed by atoms with Gasteiger partial charge in [0.05, 0.1) is 29.1 Å². The normalized spacial score (nSPS) is 19.5. The van der Waals surface area contributed by atoms with Crippen molar-refractivity contribution in [1.82, 2.24) is 20.5 Å². The highest BCUT2D eigenvalue weighted by molar-refractivity contribution is 7.89. The van der Waals surface area contributed by atoms with Crippen molar-refractivity contribution in [3.8, 4) is 0 Å². The standard InChI is InChI=1S/C30H32FN5O6S/c1-17(24-9-8-23(43(32,41)42)13-19(24)5-4-18-2-3-18)34-30(40)27-14-22(37)16-36(27)28(38)15-33-29(39)26-10-6-20-12-21(31)7-11-25(20)35-26/h4-13,17-18,22,27,37H,2-3,14-16H2,1H3,(H,33,39)(H,34,40)(H2,32,41,42)/b5-4+/t17-,22+,27-/m0/s1. The van der Waals surface area contributed by atoms with Gasteiger partial charge in [-0.2, -0.15) is 0 Å². The summed E-state index contributed by atoms with van der Waals surface area (Å²) in [6.45, 7) is 1.22. The number of halogens is 1. The van der Waals surface area contributed by atoms with E-state index < -0.39 is 58.3 Å². The number of allylic oxidation sites excluding steroid dienone is 1. The molecule has 11 nitrogen and oxygen atoms in total. The van der Waals surface area contributed by atoms with Crippen LogP contribution in [-0.4, -0.2) is 66.4 Å². The molecule has 2 fully saturated rings. The molecule has 0 bridgehead atoms. The van der Waals surface area contributed by atoms with Crippen LogP contribution in [0.5, 0.6) is 0 Å². The van der Waals surface area contributed by atoms with Crippen LogP contribution in [0.15, 0.2) is 59.5 Å². The number of sulfonamides is 1. The van der Waals surface area contributed by atoms with Gasteiger partial charge in [0, 0.05) is 18.4 Å². The van der Waals surface area contributed by atoms with Gasteiger partial charge in [0.1, 0.15) is 17.6 Å². The Hall–Kier alpha value is -4.20. The van der Waals surface area contributed by atoms with Crippen LogP contribution in [0, 0.1) is 11.7 Å². The lowest BCUT2D eigenvalue weighted by Crippen LogP contribution is -2.49. The van der Waals surface area contributed by atoms with Crippen LogP contribution in [0.4, 0.5) is 4.39 Å². The minimum Gasteiger partial charge on any atom is -0.391 e. The van der Waals surface area contributed by atoms with E-state index in [4.69, 9.17) is 5.14 Å². The molecule has 43 heavy (non-hydrogen) atoms. The zero-order valence-corrected chi connectivity index (χ0v) is 24.2. The van der Waals surface area contributed by atoms with Gasteiger partial charge in [-0.1, -0.05) is 24.3 Å². The predicted molar refractivity (Wildman–Crippen MR) is 156 cm³/mol. The Balaban J connectivity index is 1.25. The van der Waals surface area contributed by atoms with Crippen LogP contribution in [0.25, 0.3) is 17.0 Å². The molecule has 2 heterocycles. The smallest absolute Gasteiger partial charge is 0.270 e. The number of pyridine rings is 1. The zero-order chi connectivity index (χ0) is 30.9. The van der Waals surface area contributed by atoms with Crippen LogP contribution >= 0.6 is 0 Å². The van der Waals surface area contributed by atoms with Crippen LogP contribution in [0.2, 0.25) is 0 Å². The minimum absolute atomic E-state index is 0.0137. The lowest BCUT2D eigenvalue weighted by Gasteiger charge is -2.26. The number of hydrogen-bond acceptors (Lipinski definition) is 7. The van der Waals surface area contributed by atoms with Gasteiger partial charge in [-0.25, -0.2) is 22.9 Å². The van der Waals surface area contributed by atoms with E-state index in [1.807, 2.05) is 12.2 Å². The van der Waals surface area contributed by atoms with Crippen molar-refractivity contribution in [1.29, 1.82) is 0 Å². The Labute approximate surface area is 248 Å². The third-order valence-electron chi connectivity index (χ3n) is 7.57. The maximum atomic E-state index is 13.4. The van der Waals surface area contributed by atoms with E-state index in [0.717, 1.165) is 12.8 Å². The first kappa shape index (κ1) is 30.3. The number of primary sulfonamides is 1. The second-order valence-electron chi connectivity index (χ2n) is 10.9. The number of rotatable bonds is 9. The number of fused-ring (bicyclic) bond motifs is 1. The first-order valence-corrected chi connectivity index (χ1v) is 15.4. The van der Waals surface area contributed by atoms with E-state index in [2.05, 4.69) is 15.6 Å². The van der Waals surface area contributed by atoms with Gasteiger partial charge < -0.3 is 20.6 Å². The van der Waals surface area contributed by atoms with Crippen LogP contribution in [0.3, 0.4) is 0 Å². The molecule has 3 aromatic rings. The van der Waals surface area contributed by atoms with Gasteiger partial charge in [-0.3, -0.25) is 14.4 Å². The molecule has 226 valence electrons. The third-order valence-corrected chi connectivity index (χ3v) is 8.48. The molecule has 1 saturated heterocycles. The molecule has 1 aliphatic heterocycles. The van der Waals surface area contributed by atoms with Crippen molar-refractivity contribution >= 4 is 44.7 Å². The first-order chi connectivity index (χ1) is 20.4. The summed E-state index contributed by atoms with van der Waals surface area (Å²) in [4.78, 5) is 44.5. The number of nitrogens with zero attached hydrogens (tertiary/aromatic N) is 2. The summed E-state index contributed by atoms with van der Waals surface area (Å²) in [5.74, 6) is -1.68. The number of aliphatic hydroxyl groups excluding tert-OH is 1. The number of amides is 3. The average molecular weight is 610 g/mol. The number of carbonyl (C=O) groups is 3. The second-order valence-corrected chi connectivity index (χ2v) is 12.5. The van der Waals surface area contributed by atoms with Crippen LogP contribution < -0.4 is 15.8 Å². The largest absolute Gasteiger partial charge is 0.391 e. The molecule has 1 saturated carbocycles. The molecule has 5 rings (SSSR count). The summed E-state index contributed by atoms with van der Waals surface area (Å²) >= 11 is 0. The first-order valence-electron chi connectivity index (χ1n) is 13.9. The Morgan fingerprint density at radius 3 is 2.65 bits per heavy atom. The summed E-state index contributed by atoms with van der Waals surface area (Å²) in [6.07, 6.45) is 5.02. The number of nitrogens with two attached hydrogens (primary N) is 1. The number of benzene rings is 2. The molecule has 0 spiro atoms. The fourth-order valence-electron chi connectivity index (χ4n) is 5.09. The van der Waals surface area contributed by atoms with Crippen LogP contribution in [-0.2, 0) is 19.6 Å². The Morgan fingerprint density at radius 2 is 1.93 bits per heavy atom. The van der Waals surface area contributed by atoms with Gasteiger partial charge in [0.2, 0.25) is 21.8 Å². The molecule has 3 atom stereocenters. The molecular formula is C30H32FN5O6S. The molecule has 2 aromatic carbocycles. The molecule has 0 unspecified atom stereocenters. The number of likely N-dealkylation sites (tertiary alicyclic amines) is 1. The minimum atomic E-state index is -3.93. The van der Waals surface area contributed by atoms with E-state index in [1.165, 1.54) is 41.3 Å². The van der Waals surface area contributed by atoms with Gasteiger partial charge >= 0.3 is 0 Å². The topological polar surface area (TPSA) is 172 Å². The van der Waals surface area contributed by atoms with E-state index in [1.54, 1.807) is 19.1 Å². The van der Waals surface area contributed by atoms with E-state index >= 15 is 0 Å². The summed E-state index contributed by atoms with van der Waals surface area (Å²) in [6, 6.07) is 9.83.